The zero-order valence-corrected chi connectivity index (χ0v) is 17.8. The van der Waals surface area contributed by atoms with Gasteiger partial charge in [-0.2, -0.15) is 0 Å². The molecule has 11 nitrogen and oxygen atoms in total. The fourth-order valence-corrected chi connectivity index (χ4v) is 3.44. The summed E-state index contributed by atoms with van der Waals surface area (Å²) in [6, 6.07) is 10.1. The molecular formula is C21H26N6O5. The lowest BCUT2D eigenvalue weighted by Crippen LogP contribution is -2.36. The highest BCUT2D eigenvalue weighted by molar-refractivity contribution is 5.84. The first kappa shape index (κ1) is 23.3. The normalized spacial score (nSPS) is 13.5. The Kier molecular flexibility index (Phi) is 7.46. The third-order valence-electron chi connectivity index (χ3n) is 4.72. The van der Waals surface area contributed by atoms with E-state index in [0.717, 1.165) is 5.69 Å². The Morgan fingerprint density at radius 2 is 1.75 bits per heavy atom. The largest absolute Gasteiger partial charge is 0.396 e. The Hall–Kier alpha value is -3.41. The van der Waals surface area contributed by atoms with Gasteiger partial charge >= 0.3 is 0 Å². The monoisotopic (exact) mass is 442 g/mol. The van der Waals surface area contributed by atoms with E-state index in [9.17, 15) is 25.4 Å². The van der Waals surface area contributed by atoms with Crippen LogP contribution in [0.2, 0.25) is 0 Å². The fraction of sp³-hybridized carbons (Fsp3) is 0.381. The van der Waals surface area contributed by atoms with E-state index in [1.54, 1.807) is 32.0 Å². The molecule has 0 bridgehead atoms. The van der Waals surface area contributed by atoms with Gasteiger partial charge in [0.05, 0.1) is 33.9 Å². The van der Waals surface area contributed by atoms with Crippen molar-refractivity contribution in [1.29, 1.82) is 0 Å². The highest BCUT2D eigenvalue weighted by Gasteiger charge is 2.19. The molecule has 2 unspecified atom stereocenters. The number of nitro benzene ring substituents is 1. The summed E-state index contributed by atoms with van der Waals surface area (Å²) in [7, 11) is 0. The summed E-state index contributed by atoms with van der Waals surface area (Å²) in [5.41, 5.74) is 2.57. The molecule has 0 radical (unpaired) electrons. The molecule has 0 saturated carbocycles. The molecule has 4 N–H and O–H groups in total. The minimum Gasteiger partial charge on any atom is -0.396 e. The zero-order chi connectivity index (χ0) is 23.3. The third-order valence-corrected chi connectivity index (χ3v) is 4.72. The molecule has 11 heteroatoms. The predicted molar refractivity (Wildman–Crippen MR) is 120 cm³/mol. The third kappa shape index (κ3) is 5.63. The molecule has 0 saturated heterocycles. The Bertz CT molecular complexity index is 1080. The molecule has 3 rings (SSSR count). The molecule has 1 heterocycles. The molecular weight excluding hydrogens is 416 g/mol. The maximum atomic E-state index is 11.3. The lowest BCUT2D eigenvalue weighted by molar-refractivity contribution is -0.385. The molecule has 170 valence electrons. The molecule has 0 aliphatic heterocycles. The predicted octanol–water partition coefficient (Wildman–Crippen LogP) is 2.99. The highest BCUT2D eigenvalue weighted by Crippen LogP contribution is 2.29. The first-order valence-corrected chi connectivity index (χ1v) is 10.2. The van der Waals surface area contributed by atoms with Crippen molar-refractivity contribution in [2.75, 3.05) is 24.6 Å². The van der Waals surface area contributed by atoms with E-state index in [4.69, 9.17) is 0 Å². The molecule has 2 aromatic carbocycles. The lowest BCUT2D eigenvalue weighted by Gasteiger charge is -2.27. The van der Waals surface area contributed by atoms with Crippen LogP contribution in [0.15, 0.2) is 46.6 Å². The second-order valence-electron chi connectivity index (χ2n) is 7.57. The first-order chi connectivity index (χ1) is 15.3. The van der Waals surface area contributed by atoms with Crippen molar-refractivity contribution in [1.82, 2.24) is 9.97 Å². The van der Waals surface area contributed by atoms with Crippen molar-refractivity contribution in [3.8, 4) is 0 Å². The van der Waals surface area contributed by atoms with E-state index in [0.29, 0.717) is 35.4 Å². The van der Waals surface area contributed by atoms with Gasteiger partial charge < -0.3 is 25.2 Å². The Labute approximate surface area is 184 Å². The molecule has 0 fully saturated rings. The molecule has 32 heavy (non-hydrogen) atoms. The van der Waals surface area contributed by atoms with E-state index < -0.39 is 17.1 Å². The van der Waals surface area contributed by atoms with Crippen molar-refractivity contribution < 1.29 is 20.2 Å². The van der Waals surface area contributed by atoms with Gasteiger partial charge in [0.15, 0.2) is 0 Å². The number of imidazole rings is 1. The van der Waals surface area contributed by atoms with Crippen LogP contribution in [0, 0.1) is 10.1 Å². The Morgan fingerprint density at radius 1 is 1.09 bits per heavy atom. The number of hydrogen-bond donors (Lipinski definition) is 4. The SMILES string of the molecule is CC(O)CN(CC(C)O)c1ccc(N=Nc2nc3c(CCO)c([N+](=O)[O-])ccc3[nH]2)cc1. The molecule has 2 atom stereocenters. The minimum atomic E-state index is -0.548. The fourth-order valence-electron chi connectivity index (χ4n) is 3.44. The summed E-state index contributed by atoms with van der Waals surface area (Å²) in [5.74, 6) is 0.189. The summed E-state index contributed by atoms with van der Waals surface area (Å²) in [5, 5.41) is 48.2. The Morgan fingerprint density at radius 3 is 2.31 bits per heavy atom. The number of anilines is 1. The summed E-state index contributed by atoms with van der Waals surface area (Å²) < 4.78 is 0. The summed E-state index contributed by atoms with van der Waals surface area (Å²) in [6.07, 6.45) is -0.994. The van der Waals surface area contributed by atoms with Crippen LogP contribution < -0.4 is 4.90 Å². The Balaban J connectivity index is 1.82. The number of aliphatic hydroxyl groups is 3. The number of nitrogens with one attached hydrogen (secondary N) is 1. The van der Waals surface area contributed by atoms with E-state index in [1.165, 1.54) is 6.07 Å². The van der Waals surface area contributed by atoms with Gasteiger partial charge in [-0.3, -0.25) is 10.1 Å². The van der Waals surface area contributed by atoms with Crippen LogP contribution in [0.25, 0.3) is 11.0 Å². The van der Waals surface area contributed by atoms with Crippen LogP contribution in [0.1, 0.15) is 19.4 Å². The number of aromatic nitrogens is 2. The number of aromatic amines is 1. The summed E-state index contributed by atoms with van der Waals surface area (Å²) >= 11 is 0. The van der Waals surface area contributed by atoms with Crippen LogP contribution in [-0.4, -0.2) is 62.1 Å². The standard InChI is InChI=1S/C21H26N6O5/c1-13(29)11-26(12-14(2)30)16-5-3-15(4-6-16)24-25-21-22-18-7-8-19(27(31)32)17(9-10-28)20(18)23-21/h3-8,13-14,28-30H,9-12H2,1-2H3,(H,22,23). The highest BCUT2D eigenvalue weighted by atomic mass is 16.6. The van der Waals surface area contributed by atoms with Crippen molar-refractivity contribution in [2.24, 2.45) is 10.2 Å². The van der Waals surface area contributed by atoms with Crippen molar-refractivity contribution >= 4 is 34.0 Å². The summed E-state index contributed by atoms with van der Waals surface area (Å²) in [6.45, 7) is 3.90. The molecule has 0 aliphatic carbocycles. The van der Waals surface area contributed by atoms with Crippen molar-refractivity contribution in [3.05, 3.63) is 52.1 Å². The van der Waals surface area contributed by atoms with Gasteiger partial charge in [-0.15, -0.1) is 10.2 Å². The van der Waals surface area contributed by atoms with Gasteiger partial charge in [0.25, 0.3) is 5.69 Å². The second kappa shape index (κ2) is 10.3. The van der Waals surface area contributed by atoms with Gasteiger partial charge in [0.2, 0.25) is 5.95 Å². The van der Waals surface area contributed by atoms with Gasteiger partial charge in [-0.05, 0) is 44.2 Å². The van der Waals surface area contributed by atoms with Crippen LogP contribution in [0.5, 0.6) is 0 Å². The van der Waals surface area contributed by atoms with E-state index in [2.05, 4.69) is 20.2 Å². The molecule has 0 aliphatic rings. The van der Waals surface area contributed by atoms with E-state index in [1.807, 2.05) is 17.0 Å². The lowest BCUT2D eigenvalue weighted by atomic mass is 10.1. The topological polar surface area (TPSA) is 160 Å². The maximum Gasteiger partial charge on any atom is 0.274 e. The molecule has 1 aromatic heterocycles. The minimum absolute atomic E-state index is 0.101. The van der Waals surface area contributed by atoms with Gasteiger partial charge in [0.1, 0.15) is 5.52 Å². The first-order valence-electron chi connectivity index (χ1n) is 10.2. The zero-order valence-electron chi connectivity index (χ0n) is 17.8. The summed E-state index contributed by atoms with van der Waals surface area (Å²) in [4.78, 5) is 19.9. The second-order valence-corrected chi connectivity index (χ2v) is 7.57. The number of azo groups is 1. The van der Waals surface area contributed by atoms with Gasteiger partial charge in [0, 0.05) is 37.9 Å². The number of aliphatic hydroxyl groups excluding tert-OH is 3. The number of rotatable bonds is 10. The number of fused-ring (bicyclic) bond motifs is 1. The van der Waals surface area contributed by atoms with Crippen LogP contribution in [0.3, 0.4) is 0 Å². The van der Waals surface area contributed by atoms with Crippen LogP contribution in [-0.2, 0) is 6.42 Å². The maximum absolute atomic E-state index is 11.3. The number of nitrogens with zero attached hydrogens (tertiary/aromatic N) is 5. The molecule has 0 spiro atoms. The number of H-pyrrole nitrogens is 1. The quantitative estimate of drug-likeness (QED) is 0.213. The van der Waals surface area contributed by atoms with Crippen molar-refractivity contribution in [3.63, 3.8) is 0 Å². The smallest absolute Gasteiger partial charge is 0.274 e. The van der Waals surface area contributed by atoms with Gasteiger partial charge in [-0.1, -0.05) is 0 Å². The molecule has 3 aromatic rings. The average Bonchev–Trinajstić information content (AvgIpc) is 3.15. The van der Waals surface area contributed by atoms with Crippen LogP contribution in [0.4, 0.5) is 23.0 Å². The van der Waals surface area contributed by atoms with E-state index >= 15 is 0 Å². The van der Waals surface area contributed by atoms with Crippen molar-refractivity contribution in [2.45, 2.75) is 32.5 Å². The average molecular weight is 442 g/mol. The number of benzene rings is 2. The van der Waals surface area contributed by atoms with Gasteiger partial charge in [-0.25, -0.2) is 4.98 Å². The van der Waals surface area contributed by atoms with Crippen LogP contribution >= 0.6 is 0 Å². The molecule has 0 amide bonds. The number of hydrogen-bond acceptors (Lipinski definition) is 9. The van der Waals surface area contributed by atoms with E-state index in [-0.39, 0.29) is 24.7 Å². The number of nitro groups is 1.